The van der Waals surface area contributed by atoms with Crippen LogP contribution in [-0.4, -0.2) is 34.4 Å². The normalized spacial score (nSPS) is 21.6. The molecular formula is C16H22N4O2. The van der Waals surface area contributed by atoms with Crippen molar-refractivity contribution in [2.45, 2.75) is 44.9 Å². The molecule has 0 spiro atoms. The molecule has 1 saturated heterocycles. The molecule has 0 bridgehead atoms. The topological polar surface area (TPSA) is 82.2 Å². The number of carbonyl (C=O) groups excluding carboxylic acids is 1. The lowest BCUT2D eigenvalue weighted by atomic mass is 10.2. The third-order valence-electron chi connectivity index (χ3n) is 4.02. The number of nitrogens with one attached hydrogen (secondary N) is 1. The predicted molar refractivity (Wildman–Crippen MR) is 85.7 cm³/mol. The molecule has 22 heavy (non-hydrogen) atoms. The fourth-order valence-electron chi connectivity index (χ4n) is 2.82. The zero-order valence-electron chi connectivity index (χ0n) is 13.0. The predicted octanol–water partition coefficient (Wildman–Crippen LogP) is 2.06. The van der Waals surface area contributed by atoms with Gasteiger partial charge in [-0.2, -0.15) is 5.10 Å². The maximum Gasteiger partial charge on any atom is 0.253 e. The number of nitrogens with zero attached hydrogens (tertiary/aromatic N) is 2. The highest BCUT2D eigenvalue weighted by Crippen LogP contribution is 2.24. The van der Waals surface area contributed by atoms with Gasteiger partial charge in [0.15, 0.2) is 0 Å². The van der Waals surface area contributed by atoms with Crippen LogP contribution in [0.1, 0.15) is 32.7 Å². The van der Waals surface area contributed by atoms with Crippen molar-refractivity contribution in [1.29, 1.82) is 0 Å². The Balaban J connectivity index is 1.76. The van der Waals surface area contributed by atoms with E-state index in [-0.39, 0.29) is 18.1 Å². The number of carbonyl (C=O) groups is 1. The second-order valence-electron chi connectivity index (χ2n) is 6.01. The molecule has 0 saturated carbocycles. The Morgan fingerprint density at radius 2 is 2.32 bits per heavy atom. The summed E-state index contributed by atoms with van der Waals surface area (Å²) < 4.78 is 7.57. The number of hydrogen-bond donors (Lipinski definition) is 2. The molecule has 2 atom stereocenters. The number of fused-ring (bicyclic) bond motifs is 1. The van der Waals surface area contributed by atoms with Gasteiger partial charge in [-0.3, -0.25) is 9.48 Å². The van der Waals surface area contributed by atoms with Gasteiger partial charge in [0.2, 0.25) is 0 Å². The number of ether oxygens (including phenoxy) is 1. The lowest BCUT2D eigenvalue weighted by Crippen LogP contribution is -2.29. The van der Waals surface area contributed by atoms with E-state index < -0.39 is 6.10 Å². The van der Waals surface area contributed by atoms with Gasteiger partial charge >= 0.3 is 0 Å². The average Bonchev–Trinajstić information content (AvgIpc) is 3.13. The zero-order valence-corrected chi connectivity index (χ0v) is 13.0. The van der Waals surface area contributed by atoms with Gasteiger partial charge in [-0.15, -0.1) is 0 Å². The number of nitrogens with two attached hydrogens (primary N) is 1. The van der Waals surface area contributed by atoms with Crippen LogP contribution in [0.15, 0.2) is 24.4 Å². The van der Waals surface area contributed by atoms with Gasteiger partial charge in [-0.1, -0.05) is 0 Å². The van der Waals surface area contributed by atoms with E-state index in [1.54, 1.807) is 0 Å². The van der Waals surface area contributed by atoms with Crippen LogP contribution >= 0.6 is 0 Å². The number of hydrogen-bond acceptors (Lipinski definition) is 4. The molecule has 1 aromatic heterocycles. The summed E-state index contributed by atoms with van der Waals surface area (Å²) in [5.74, 6) is -0.106. The van der Waals surface area contributed by atoms with E-state index in [1.807, 2.05) is 29.1 Å². The summed E-state index contributed by atoms with van der Waals surface area (Å²) in [6.07, 6.45) is 3.00. The first-order chi connectivity index (χ1) is 10.6. The molecule has 0 radical (unpaired) electrons. The molecule has 0 aliphatic carbocycles. The summed E-state index contributed by atoms with van der Waals surface area (Å²) in [6.45, 7) is 4.62. The Morgan fingerprint density at radius 1 is 1.50 bits per heavy atom. The summed E-state index contributed by atoms with van der Waals surface area (Å²) >= 11 is 0. The number of amides is 1. The van der Waals surface area contributed by atoms with Crippen LogP contribution in [0.4, 0.5) is 5.69 Å². The van der Waals surface area contributed by atoms with E-state index in [4.69, 9.17) is 10.5 Å². The largest absolute Gasteiger partial charge is 0.364 e. The molecule has 6 nitrogen and oxygen atoms in total. The minimum absolute atomic E-state index is 0.000558. The Labute approximate surface area is 129 Å². The second kappa shape index (κ2) is 6.06. The van der Waals surface area contributed by atoms with Gasteiger partial charge < -0.3 is 15.8 Å². The number of benzene rings is 1. The summed E-state index contributed by atoms with van der Waals surface area (Å²) in [4.78, 5) is 12.3. The van der Waals surface area contributed by atoms with Crippen LogP contribution in [0.5, 0.6) is 0 Å². The molecule has 6 heteroatoms. The fraction of sp³-hybridized carbons (Fsp3) is 0.500. The highest BCUT2D eigenvalue weighted by Gasteiger charge is 2.29. The van der Waals surface area contributed by atoms with Crippen LogP contribution < -0.4 is 11.1 Å². The van der Waals surface area contributed by atoms with Crippen LogP contribution in [0.2, 0.25) is 0 Å². The molecule has 118 valence electrons. The van der Waals surface area contributed by atoms with Gasteiger partial charge in [0.25, 0.3) is 5.91 Å². The Hall–Kier alpha value is -1.92. The third-order valence-corrected chi connectivity index (χ3v) is 4.02. The van der Waals surface area contributed by atoms with Gasteiger partial charge in [-0.25, -0.2) is 0 Å². The van der Waals surface area contributed by atoms with Gasteiger partial charge in [0.1, 0.15) is 6.10 Å². The molecule has 3 rings (SSSR count). The van der Waals surface area contributed by atoms with Crippen molar-refractivity contribution in [3.05, 3.63) is 24.4 Å². The molecule has 2 heterocycles. The van der Waals surface area contributed by atoms with Crippen LogP contribution in [-0.2, 0) is 9.53 Å². The number of aromatic nitrogens is 2. The van der Waals surface area contributed by atoms with Crippen LogP contribution in [0.3, 0.4) is 0 Å². The minimum Gasteiger partial charge on any atom is -0.364 e. The maximum atomic E-state index is 12.3. The lowest BCUT2D eigenvalue weighted by molar-refractivity contribution is -0.126. The Kier molecular flexibility index (Phi) is 4.13. The first-order valence-corrected chi connectivity index (χ1v) is 7.72. The quantitative estimate of drug-likeness (QED) is 0.905. The SMILES string of the molecule is CC(C)n1ncc2ccc(NC(=O)[C@@H]3CC[C@H](CN)O3)cc21. The first-order valence-electron chi connectivity index (χ1n) is 7.72. The van der Waals surface area contributed by atoms with E-state index in [1.165, 1.54) is 0 Å². The first kappa shape index (κ1) is 15.0. The number of rotatable bonds is 4. The van der Waals surface area contributed by atoms with E-state index in [0.717, 1.165) is 29.4 Å². The molecule has 1 aromatic carbocycles. The standard InChI is InChI=1S/C16H22N4O2/c1-10(2)20-14-7-12(4-3-11(14)9-18-20)19-16(21)15-6-5-13(8-17)22-15/h3-4,7,9-10,13,15H,5-6,8,17H2,1-2H3,(H,19,21)/t13-,15+/m1/s1. The van der Waals surface area contributed by atoms with Gasteiger partial charge in [-0.05, 0) is 44.9 Å². The van der Waals surface area contributed by atoms with Crippen molar-refractivity contribution in [3.8, 4) is 0 Å². The fourth-order valence-corrected chi connectivity index (χ4v) is 2.82. The van der Waals surface area contributed by atoms with Crippen molar-refractivity contribution in [2.24, 2.45) is 5.73 Å². The molecule has 1 aliphatic heterocycles. The van der Waals surface area contributed by atoms with Crippen molar-refractivity contribution in [3.63, 3.8) is 0 Å². The molecule has 2 aromatic rings. The second-order valence-corrected chi connectivity index (χ2v) is 6.01. The van der Waals surface area contributed by atoms with Crippen molar-refractivity contribution in [1.82, 2.24) is 9.78 Å². The maximum absolute atomic E-state index is 12.3. The van der Waals surface area contributed by atoms with Gasteiger partial charge in [0.05, 0.1) is 17.8 Å². The summed E-state index contributed by atoms with van der Waals surface area (Å²) in [6, 6.07) is 6.08. The molecule has 0 unspecified atom stereocenters. The molecular weight excluding hydrogens is 280 g/mol. The van der Waals surface area contributed by atoms with Gasteiger partial charge in [0, 0.05) is 23.7 Å². The third kappa shape index (κ3) is 2.84. The van der Waals surface area contributed by atoms with Crippen molar-refractivity contribution in [2.75, 3.05) is 11.9 Å². The van der Waals surface area contributed by atoms with Crippen molar-refractivity contribution >= 4 is 22.5 Å². The van der Waals surface area contributed by atoms with E-state index in [9.17, 15) is 4.79 Å². The number of anilines is 1. The molecule has 1 amide bonds. The lowest BCUT2D eigenvalue weighted by Gasteiger charge is -2.13. The van der Waals surface area contributed by atoms with E-state index in [2.05, 4.69) is 24.3 Å². The van der Waals surface area contributed by atoms with Crippen molar-refractivity contribution < 1.29 is 9.53 Å². The molecule has 1 aliphatic rings. The van der Waals surface area contributed by atoms with Crippen LogP contribution in [0, 0.1) is 0 Å². The minimum atomic E-state index is -0.403. The monoisotopic (exact) mass is 302 g/mol. The summed E-state index contributed by atoms with van der Waals surface area (Å²) in [7, 11) is 0. The van der Waals surface area contributed by atoms with Crippen LogP contribution in [0.25, 0.3) is 10.9 Å². The average molecular weight is 302 g/mol. The Morgan fingerprint density at radius 3 is 3.00 bits per heavy atom. The summed E-state index contributed by atoms with van der Waals surface area (Å²) in [5, 5.41) is 8.37. The molecule has 3 N–H and O–H groups in total. The summed E-state index contributed by atoms with van der Waals surface area (Å²) in [5.41, 5.74) is 7.36. The highest BCUT2D eigenvalue weighted by molar-refractivity contribution is 5.96. The van der Waals surface area contributed by atoms with E-state index in [0.29, 0.717) is 6.54 Å². The smallest absolute Gasteiger partial charge is 0.253 e. The Bertz CT molecular complexity index is 680. The molecule has 1 fully saturated rings. The highest BCUT2D eigenvalue weighted by atomic mass is 16.5. The van der Waals surface area contributed by atoms with E-state index >= 15 is 0 Å². The zero-order chi connectivity index (χ0) is 15.7.